The maximum absolute atomic E-state index is 2.53. The van der Waals surface area contributed by atoms with Crippen LogP contribution in [0.15, 0.2) is 0 Å². The van der Waals surface area contributed by atoms with Gasteiger partial charge in [-0.15, -0.1) is 0 Å². The second kappa shape index (κ2) is 13.1. The first-order valence-corrected chi connectivity index (χ1v) is 14.4. The largest absolute Gasteiger partial charge is 0.0656 e. The summed E-state index contributed by atoms with van der Waals surface area (Å²) in [4.78, 5) is 0. The van der Waals surface area contributed by atoms with Crippen LogP contribution < -0.4 is 0 Å². The van der Waals surface area contributed by atoms with Crippen molar-refractivity contribution in [3.05, 3.63) is 0 Å². The monoisotopic (exact) mass is 313 g/mol. The van der Waals surface area contributed by atoms with E-state index in [1.807, 2.05) is 0 Å². The Morgan fingerprint density at radius 2 is 1.05 bits per heavy atom. The molecule has 0 saturated carbocycles. The van der Waals surface area contributed by atoms with Crippen LogP contribution in [0.25, 0.3) is 0 Å². The van der Waals surface area contributed by atoms with Gasteiger partial charge >= 0.3 is 0 Å². The van der Waals surface area contributed by atoms with Crippen molar-refractivity contribution < 1.29 is 0 Å². The molecule has 0 spiro atoms. The maximum atomic E-state index is 2.53. The molecular formula is C18H41Si2. The van der Waals surface area contributed by atoms with Gasteiger partial charge in [0.05, 0.1) is 0 Å². The Balaban J connectivity index is 4.34. The smallest absolute Gasteiger partial charge is 0.0372 e. The molecular weight excluding hydrogens is 272 g/mol. The molecule has 0 aliphatic carbocycles. The lowest BCUT2D eigenvalue weighted by atomic mass is 10.2. The van der Waals surface area contributed by atoms with Crippen LogP contribution in [0.5, 0.6) is 0 Å². The summed E-state index contributed by atoms with van der Waals surface area (Å²) < 4.78 is 0. The van der Waals surface area contributed by atoms with Gasteiger partial charge in [-0.2, -0.15) is 0 Å². The van der Waals surface area contributed by atoms with E-state index in [-0.39, 0.29) is 8.31 Å². The number of hydrogen-bond acceptors (Lipinski definition) is 0. The lowest BCUT2D eigenvalue weighted by Gasteiger charge is -2.31. The minimum absolute atomic E-state index is 0.00412. The molecule has 20 heavy (non-hydrogen) atoms. The molecule has 0 saturated heterocycles. The highest BCUT2D eigenvalue weighted by molar-refractivity contribution is 7.23. The molecule has 0 amide bonds. The van der Waals surface area contributed by atoms with Gasteiger partial charge in [0.25, 0.3) is 0 Å². The minimum atomic E-state index is -0.497. The zero-order chi connectivity index (χ0) is 15.4. The highest BCUT2D eigenvalue weighted by atomic mass is 29.2. The van der Waals surface area contributed by atoms with Gasteiger partial charge in [-0.1, -0.05) is 116 Å². The number of rotatable bonds is 13. The van der Waals surface area contributed by atoms with Crippen LogP contribution in [0.1, 0.15) is 92.9 Å². The Hall–Kier alpha value is 0.434. The molecule has 0 aromatic carbocycles. The van der Waals surface area contributed by atoms with Crippen LogP contribution in [0.3, 0.4) is 0 Å². The van der Waals surface area contributed by atoms with Gasteiger partial charge in [-0.25, -0.2) is 0 Å². The van der Waals surface area contributed by atoms with Crippen LogP contribution in [0, 0.1) is 0 Å². The Bertz CT molecular complexity index is 182. The quantitative estimate of drug-likeness (QED) is 0.260. The fourth-order valence-electron chi connectivity index (χ4n) is 3.73. The van der Waals surface area contributed by atoms with E-state index in [1.165, 1.54) is 38.5 Å². The first-order chi connectivity index (χ1) is 9.54. The van der Waals surface area contributed by atoms with Gasteiger partial charge in [0.15, 0.2) is 0 Å². The van der Waals surface area contributed by atoms with Gasteiger partial charge in [0.2, 0.25) is 0 Å². The molecule has 0 aromatic rings. The summed E-state index contributed by atoms with van der Waals surface area (Å²) in [6.07, 6.45) is 11.8. The Labute approximate surface area is 133 Å². The van der Waals surface area contributed by atoms with E-state index in [9.17, 15) is 0 Å². The third kappa shape index (κ3) is 9.38. The van der Waals surface area contributed by atoms with Crippen molar-refractivity contribution >= 4 is 16.6 Å². The van der Waals surface area contributed by atoms with Gasteiger partial charge < -0.3 is 0 Å². The molecule has 0 unspecified atom stereocenters. The van der Waals surface area contributed by atoms with Crippen molar-refractivity contribution in [2.24, 2.45) is 0 Å². The molecule has 0 N–H and O–H groups in total. The molecule has 0 aliphatic heterocycles. The summed E-state index contributed by atoms with van der Waals surface area (Å²) in [7, 11) is -0.501. The first-order valence-electron chi connectivity index (χ1n) is 9.39. The van der Waals surface area contributed by atoms with E-state index in [0.29, 0.717) is 0 Å². The van der Waals surface area contributed by atoms with Gasteiger partial charge in [0, 0.05) is 16.6 Å². The van der Waals surface area contributed by atoms with Crippen LogP contribution in [0.4, 0.5) is 0 Å². The molecule has 0 aliphatic rings. The van der Waals surface area contributed by atoms with E-state index in [2.05, 4.69) is 41.5 Å². The van der Waals surface area contributed by atoms with Crippen LogP contribution >= 0.6 is 0 Å². The first kappa shape index (κ1) is 20.4. The summed E-state index contributed by atoms with van der Waals surface area (Å²) >= 11 is 0. The normalized spacial score (nSPS) is 12.3. The summed E-state index contributed by atoms with van der Waals surface area (Å²) in [5, 5.41) is 0. The molecule has 0 rings (SSSR count). The standard InChI is InChI=1S/C18H41Si2/c1-7-9-11-13-15-19(16-14-12-10-8-2)20(17(3)4)18(5)6/h17-18,20H,7-16H2,1-6H3. The van der Waals surface area contributed by atoms with E-state index in [0.717, 1.165) is 11.1 Å². The lowest BCUT2D eigenvalue weighted by Crippen LogP contribution is -2.40. The van der Waals surface area contributed by atoms with Crippen molar-refractivity contribution in [1.82, 2.24) is 0 Å². The van der Waals surface area contributed by atoms with Gasteiger partial charge in [-0.3, -0.25) is 0 Å². The lowest BCUT2D eigenvalue weighted by molar-refractivity contribution is 0.687. The van der Waals surface area contributed by atoms with E-state index in [4.69, 9.17) is 0 Å². The molecule has 1 radical (unpaired) electrons. The summed E-state index contributed by atoms with van der Waals surface area (Å²) in [6.45, 7) is 14.8. The predicted octanol–water partition coefficient (Wildman–Crippen LogP) is 6.77. The van der Waals surface area contributed by atoms with Crippen molar-refractivity contribution in [2.75, 3.05) is 0 Å². The fraction of sp³-hybridized carbons (Fsp3) is 1.00. The second-order valence-corrected chi connectivity index (χ2v) is 17.8. The average molecular weight is 314 g/mol. The summed E-state index contributed by atoms with van der Waals surface area (Å²) in [6, 6.07) is 3.29. The zero-order valence-electron chi connectivity index (χ0n) is 15.3. The maximum Gasteiger partial charge on any atom is 0.0372 e. The molecule has 0 heterocycles. The van der Waals surface area contributed by atoms with Crippen molar-refractivity contribution in [2.45, 2.75) is 116 Å². The van der Waals surface area contributed by atoms with Crippen LogP contribution in [-0.4, -0.2) is 16.6 Å². The average Bonchev–Trinajstić information content (AvgIpc) is 2.38. The van der Waals surface area contributed by atoms with E-state index in [1.54, 1.807) is 24.9 Å². The van der Waals surface area contributed by atoms with Crippen molar-refractivity contribution in [1.29, 1.82) is 0 Å². The second-order valence-electron chi connectivity index (χ2n) is 7.29. The highest BCUT2D eigenvalue weighted by Gasteiger charge is 2.29. The molecule has 0 nitrogen and oxygen atoms in total. The molecule has 0 bridgehead atoms. The van der Waals surface area contributed by atoms with Gasteiger partial charge in [0.1, 0.15) is 0 Å². The minimum Gasteiger partial charge on any atom is -0.0656 e. The van der Waals surface area contributed by atoms with Crippen molar-refractivity contribution in [3.8, 4) is 0 Å². The molecule has 2 heteroatoms. The van der Waals surface area contributed by atoms with Crippen LogP contribution in [0.2, 0.25) is 23.2 Å². The molecule has 121 valence electrons. The van der Waals surface area contributed by atoms with E-state index < -0.39 is 8.31 Å². The highest BCUT2D eigenvalue weighted by Crippen LogP contribution is 2.28. The number of unbranched alkanes of at least 4 members (excludes halogenated alkanes) is 6. The summed E-state index contributed by atoms with van der Waals surface area (Å²) in [5.74, 6) is 0. The number of hydrogen-bond donors (Lipinski definition) is 0. The van der Waals surface area contributed by atoms with Crippen molar-refractivity contribution in [3.63, 3.8) is 0 Å². The Morgan fingerprint density at radius 3 is 1.35 bits per heavy atom. The van der Waals surface area contributed by atoms with Gasteiger partial charge in [-0.05, 0) is 0 Å². The molecule has 0 atom stereocenters. The predicted molar refractivity (Wildman–Crippen MR) is 101 cm³/mol. The molecule has 0 aromatic heterocycles. The Kier molecular flexibility index (Phi) is 13.4. The third-order valence-corrected chi connectivity index (χ3v) is 19.0. The fourth-order valence-corrected chi connectivity index (χ4v) is 18.4. The topological polar surface area (TPSA) is 0 Å². The SMILES string of the molecule is CCCCCC[Si](CCCCCC)[SiH](C(C)C)C(C)C. The zero-order valence-corrected chi connectivity index (χ0v) is 17.5. The Morgan fingerprint density at radius 1 is 0.650 bits per heavy atom. The third-order valence-electron chi connectivity index (χ3n) is 4.61. The van der Waals surface area contributed by atoms with E-state index >= 15 is 0 Å². The summed E-state index contributed by atoms with van der Waals surface area (Å²) in [5.41, 5.74) is 2.06. The van der Waals surface area contributed by atoms with Crippen LogP contribution in [-0.2, 0) is 0 Å². The molecule has 0 fully saturated rings.